The molecule has 0 saturated carbocycles. The standard InChI is InChI=1S/C47H56N4O17S5/c1-45(2)24-30(27-70(57,58)59)33-20-35-37(22-39(33)50(45)15-10-11-42(52)53)47(5,6)38-23-40-34(21-36(38)43(35)44-48(7)16-17-49(44)14-8-9-18-69(54,55)56)31(28-71(60,61)62)25-46(3,4)51(40)26-29-12-13-32(72(63,64)65)19-41(29)73(66,67)68/h12-13,16-17,19-25H,8-11,14-15,18,26-28H2,1-7H3,(H4-2,52,53,54,55,56,57,58,59,60,61,62,63,64,65,66,67,68)/p+2. The van der Waals surface area contributed by atoms with Gasteiger partial charge in [0.2, 0.25) is 5.36 Å². The number of carbonyl (C=O) groups is 1. The van der Waals surface area contributed by atoms with Gasteiger partial charge in [-0.3, -0.25) is 27.6 Å². The Morgan fingerprint density at radius 3 is 1.88 bits per heavy atom. The SMILES string of the molecule is Cn1cc[n+](CCCCS(=O)(=O)O)c1C1=c2cc3c(cc2C(C)(C)c2cc4c(cc21)C(CS(=O)(=O)O)=CC(C)(C)N4Cc1ccc(S(=O)(=O)O)cc1S(=O)(=O)O)=[N+](CCCC(=O)O)C(C)(C)C=C3CS(=O)(=O)O. The number of hydrogen-bond acceptors (Lipinski definition) is 12. The minimum absolute atomic E-state index is 0.0846. The van der Waals surface area contributed by atoms with Crippen LogP contribution in [0, 0.1) is 0 Å². The zero-order valence-corrected chi connectivity index (χ0v) is 45.0. The summed E-state index contributed by atoms with van der Waals surface area (Å²) >= 11 is 0. The maximum absolute atomic E-state index is 12.9. The zero-order chi connectivity index (χ0) is 54.4. The Hall–Kier alpha value is -5.16. The number of benzene rings is 3. The largest absolute Gasteiger partial charge is 0.481 e. The molecule has 0 bridgehead atoms. The molecule has 0 atom stereocenters. The van der Waals surface area contributed by atoms with Crippen molar-refractivity contribution in [3.05, 3.63) is 117 Å². The molecule has 0 saturated heterocycles. The van der Waals surface area contributed by atoms with Crippen molar-refractivity contribution < 1.29 is 79.3 Å². The number of fused-ring (bicyclic) bond motifs is 4. The molecule has 7 rings (SSSR count). The first-order chi connectivity index (χ1) is 33.3. The van der Waals surface area contributed by atoms with E-state index < -0.39 is 100 Å². The second-order valence-electron chi connectivity index (χ2n) is 20.3. The molecular formula is C47H58N4O17S5+2. The van der Waals surface area contributed by atoms with Gasteiger partial charge in [-0.1, -0.05) is 26.0 Å². The highest BCUT2D eigenvalue weighted by molar-refractivity contribution is 7.87. The first-order valence-electron chi connectivity index (χ1n) is 22.7. The Labute approximate surface area is 424 Å². The van der Waals surface area contributed by atoms with Gasteiger partial charge in [0.15, 0.2) is 5.54 Å². The van der Waals surface area contributed by atoms with Crippen LogP contribution in [0.2, 0.25) is 0 Å². The molecule has 0 spiro atoms. The van der Waals surface area contributed by atoms with Crippen LogP contribution in [0.5, 0.6) is 0 Å². The van der Waals surface area contributed by atoms with Crippen molar-refractivity contribution in [1.29, 1.82) is 0 Å². The van der Waals surface area contributed by atoms with Gasteiger partial charge in [-0.25, -0.2) is 13.7 Å². The number of aryl methyl sites for hydroxylation is 2. The van der Waals surface area contributed by atoms with Crippen molar-refractivity contribution in [3.63, 3.8) is 0 Å². The Balaban J connectivity index is 1.63. The smallest absolute Gasteiger partial charge is 0.303 e. The molecule has 1 aliphatic carbocycles. The molecule has 73 heavy (non-hydrogen) atoms. The van der Waals surface area contributed by atoms with Gasteiger partial charge in [-0.05, 0) is 102 Å². The van der Waals surface area contributed by atoms with E-state index in [0.717, 1.165) is 12.1 Å². The van der Waals surface area contributed by atoms with Crippen molar-refractivity contribution in [1.82, 2.24) is 9.14 Å². The van der Waals surface area contributed by atoms with Crippen LogP contribution in [-0.2, 0) is 80.9 Å². The van der Waals surface area contributed by atoms with E-state index in [1.54, 1.807) is 73.1 Å². The molecule has 0 unspecified atom stereocenters. The molecule has 6 N–H and O–H groups in total. The van der Waals surface area contributed by atoms with Gasteiger partial charge in [-0.2, -0.15) is 42.1 Å². The second kappa shape index (κ2) is 18.9. The number of nitrogens with zero attached hydrogens (tertiary/aromatic N) is 4. The summed E-state index contributed by atoms with van der Waals surface area (Å²) in [5.41, 5.74) is 0.364. The minimum atomic E-state index is -5.15. The van der Waals surface area contributed by atoms with Crippen molar-refractivity contribution >= 4 is 79.0 Å². The van der Waals surface area contributed by atoms with Gasteiger partial charge in [-0.15, -0.1) is 0 Å². The van der Waals surface area contributed by atoms with Crippen LogP contribution >= 0.6 is 0 Å². The topological polar surface area (TPSA) is 324 Å². The number of aromatic nitrogens is 2. The third-order valence-corrected chi connectivity index (χ3v) is 17.6. The van der Waals surface area contributed by atoms with Crippen molar-refractivity contribution in [3.8, 4) is 0 Å². The molecule has 396 valence electrons. The fourth-order valence-electron chi connectivity index (χ4n) is 10.4. The Bertz CT molecular complexity index is 3800. The molecule has 4 aromatic rings. The average Bonchev–Trinajstić information content (AvgIpc) is 3.57. The van der Waals surface area contributed by atoms with Crippen molar-refractivity contribution in [2.45, 2.75) is 107 Å². The third-order valence-electron chi connectivity index (χ3n) is 13.6. The van der Waals surface area contributed by atoms with E-state index in [1.165, 1.54) is 0 Å². The summed E-state index contributed by atoms with van der Waals surface area (Å²) in [5.74, 6) is -2.65. The number of rotatable bonds is 18. The molecular weight excluding hydrogens is 1050 g/mol. The Morgan fingerprint density at radius 2 is 1.30 bits per heavy atom. The number of hydrogen-bond donors (Lipinski definition) is 6. The minimum Gasteiger partial charge on any atom is -0.481 e. The first kappa shape index (κ1) is 55.6. The number of anilines is 1. The molecule has 0 radical (unpaired) electrons. The number of aliphatic carboxylic acids is 1. The maximum atomic E-state index is 12.9. The average molecular weight is 1110 g/mol. The molecule has 0 fully saturated rings. The lowest BCUT2D eigenvalue weighted by molar-refractivity contribution is -0.698. The maximum Gasteiger partial charge on any atom is 0.303 e. The van der Waals surface area contributed by atoms with Crippen LogP contribution in [0.4, 0.5) is 5.69 Å². The van der Waals surface area contributed by atoms with E-state index in [0.29, 0.717) is 56.0 Å². The fraction of sp³-hybridized carbons (Fsp3) is 0.426. The van der Waals surface area contributed by atoms with Crippen LogP contribution in [0.3, 0.4) is 0 Å². The molecule has 2 aliphatic heterocycles. The van der Waals surface area contributed by atoms with Crippen LogP contribution in [0.1, 0.15) is 106 Å². The normalized spacial score (nSPS) is 17.3. The number of unbranched alkanes of at least 4 members (excludes halogenated alkanes) is 1. The highest BCUT2D eigenvalue weighted by atomic mass is 32.2. The van der Waals surface area contributed by atoms with Gasteiger partial charge < -0.3 is 10.0 Å². The number of imidazole rings is 1. The van der Waals surface area contributed by atoms with Crippen LogP contribution < -0.4 is 24.6 Å². The Morgan fingerprint density at radius 1 is 0.671 bits per heavy atom. The Kier molecular flexibility index (Phi) is 14.4. The lowest BCUT2D eigenvalue weighted by Gasteiger charge is -2.45. The van der Waals surface area contributed by atoms with Gasteiger partial charge in [0.05, 0.1) is 47.3 Å². The van der Waals surface area contributed by atoms with E-state index in [2.05, 4.69) is 0 Å². The quantitative estimate of drug-likeness (QED) is 0.0474. The molecule has 3 aromatic carbocycles. The monoisotopic (exact) mass is 1110 g/mol. The lowest BCUT2D eigenvalue weighted by atomic mass is 9.68. The first-order valence-corrected chi connectivity index (χ1v) is 30.4. The molecule has 26 heteroatoms. The van der Waals surface area contributed by atoms with Crippen LogP contribution in [0.25, 0.3) is 16.7 Å². The summed E-state index contributed by atoms with van der Waals surface area (Å²) in [6.07, 6.45) is 7.18. The van der Waals surface area contributed by atoms with Gasteiger partial charge >= 0.3 is 5.97 Å². The van der Waals surface area contributed by atoms with Crippen LogP contribution in [-0.4, -0.2) is 115 Å². The summed E-state index contributed by atoms with van der Waals surface area (Å²) in [6.45, 7) is 11.0. The van der Waals surface area contributed by atoms with E-state index in [4.69, 9.17) is 0 Å². The number of carboxylic acid groups (broad SMARTS) is 1. The van der Waals surface area contributed by atoms with Gasteiger partial charge in [0.1, 0.15) is 35.3 Å². The van der Waals surface area contributed by atoms with E-state index in [-0.39, 0.29) is 67.6 Å². The summed E-state index contributed by atoms with van der Waals surface area (Å²) in [5, 5.41) is 10.7. The summed E-state index contributed by atoms with van der Waals surface area (Å²) in [7, 11) is -22.0. The molecule has 1 aromatic heterocycles. The highest BCUT2D eigenvalue weighted by Crippen LogP contribution is 2.48. The summed E-state index contributed by atoms with van der Waals surface area (Å²) in [4.78, 5) is 11.8. The highest BCUT2D eigenvalue weighted by Gasteiger charge is 2.44. The van der Waals surface area contributed by atoms with Gasteiger partial charge in [0.25, 0.3) is 56.4 Å². The zero-order valence-electron chi connectivity index (χ0n) is 40.9. The second-order valence-corrected chi connectivity index (χ2v) is 27.6. The van der Waals surface area contributed by atoms with Crippen molar-refractivity contribution in [2.24, 2.45) is 7.05 Å². The predicted octanol–water partition coefficient (Wildman–Crippen LogP) is 2.85. The number of carboxylic acids is 1. The predicted molar refractivity (Wildman–Crippen MR) is 269 cm³/mol. The van der Waals surface area contributed by atoms with Crippen molar-refractivity contribution in [2.75, 3.05) is 28.7 Å². The molecule has 0 amide bonds. The summed E-state index contributed by atoms with van der Waals surface area (Å²) in [6, 6.07) is 9.91. The fourth-order valence-corrected chi connectivity index (χ4v) is 13.6. The van der Waals surface area contributed by atoms with Crippen LogP contribution in [0.15, 0.2) is 76.8 Å². The van der Waals surface area contributed by atoms with Gasteiger partial charge in [0, 0.05) is 49.5 Å². The third kappa shape index (κ3) is 11.7. The molecule has 3 heterocycles. The molecule has 21 nitrogen and oxygen atoms in total. The van der Waals surface area contributed by atoms with E-state index in [9.17, 15) is 74.8 Å². The molecule has 3 aliphatic rings. The van der Waals surface area contributed by atoms with E-state index >= 15 is 0 Å². The summed E-state index contributed by atoms with van der Waals surface area (Å²) < 4.78 is 181. The lowest BCUT2D eigenvalue weighted by Crippen LogP contribution is -2.52. The van der Waals surface area contributed by atoms with E-state index in [1.807, 2.05) is 42.9 Å².